The fourth-order valence-electron chi connectivity index (χ4n) is 3.18. The van der Waals surface area contributed by atoms with Crippen molar-refractivity contribution in [3.05, 3.63) is 35.1 Å². The van der Waals surface area contributed by atoms with E-state index in [1.54, 1.807) is 12.1 Å². The normalized spacial score (nSPS) is 22.4. The second-order valence-corrected chi connectivity index (χ2v) is 6.24. The molecule has 4 heteroatoms. The second kappa shape index (κ2) is 7.34. The quantitative estimate of drug-likeness (QED) is 0.899. The van der Waals surface area contributed by atoms with E-state index < -0.39 is 0 Å². The third-order valence-electron chi connectivity index (χ3n) is 4.56. The monoisotopic (exact) mass is 293 g/mol. The minimum Gasteiger partial charge on any atom is -0.310 e. The average molecular weight is 293 g/mol. The highest BCUT2D eigenvalue weighted by Crippen LogP contribution is 2.25. The van der Waals surface area contributed by atoms with Gasteiger partial charge in [-0.05, 0) is 57.2 Å². The maximum absolute atomic E-state index is 13.6. The summed E-state index contributed by atoms with van der Waals surface area (Å²) in [7, 11) is 4.37. The van der Waals surface area contributed by atoms with Gasteiger partial charge in [0.15, 0.2) is 0 Å². The van der Waals surface area contributed by atoms with Gasteiger partial charge in [-0.2, -0.15) is 0 Å². The maximum atomic E-state index is 13.6. The van der Waals surface area contributed by atoms with Crippen molar-refractivity contribution in [3.63, 3.8) is 0 Å². The summed E-state index contributed by atoms with van der Waals surface area (Å²) in [5, 5.41) is 3.54. The number of halogens is 1. The zero-order chi connectivity index (χ0) is 15.4. The molecule has 118 valence electrons. The molecule has 1 N–H and O–H groups in total. The second-order valence-electron chi connectivity index (χ2n) is 6.24. The molecule has 2 unspecified atom stereocenters. The highest BCUT2D eigenvalue weighted by Gasteiger charge is 2.26. The van der Waals surface area contributed by atoms with E-state index in [0.29, 0.717) is 6.04 Å². The van der Waals surface area contributed by atoms with Gasteiger partial charge in [0.2, 0.25) is 0 Å². The van der Waals surface area contributed by atoms with Crippen molar-refractivity contribution in [3.8, 4) is 0 Å². The Morgan fingerprint density at radius 3 is 2.81 bits per heavy atom. The standard InChI is InChI=1S/C17H28FN3/c1-5-19-17(16-10-14(18)7-6-13(16)2)11-15-12-20(3)8-9-21(15)4/h6-7,10,15,17,19H,5,8-9,11-12H2,1-4H3. The summed E-state index contributed by atoms with van der Waals surface area (Å²) >= 11 is 0. The van der Waals surface area contributed by atoms with Crippen molar-refractivity contribution in [1.82, 2.24) is 15.1 Å². The first kappa shape index (κ1) is 16.4. The molecule has 1 heterocycles. The molecule has 0 bridgehead atoms. The van der Waals surface area contributed by atoms with Gasteiger partial charge in [0.1, 0.15) is 5.82 Å². The molecule has 21 heavy (non-hydrogen) atoms. The molecule has 0 amide bonds. The predicted molar refractivity (Wildman–Crippen MR) is 86.1 cm³/mol. The van der Waals surface area contributed by atoms with E-state index in [1.165, 1.54) is 0 Å². The van der Waals surface area contributed by atoms with Gasteiger partial charge in [-0.3, -0.25) is 0 Å². The summed E-state index contributed by atoms with van der Waals surface area (Å²) in [6.45, 7) is 8.37. The molecule has 0 radical (unpaired) electrons. The molecule has 0 aliphatic carbocycles. The first-order valence-electron chi connectivity index (χ1n) is 7.89. The van der Waals surface area contributed by atoms with Gasteiger partial charge in [-0.25, -0.2) is 4.39 Å². The fraction of sp³-hybridized carbons (Fsp3) is 0.647. The lowest BCUT2D eigenvalue weighted by molar-refractivity contribution is 0.101. The lowest BCUT2D eigenvalue weighted by atomic mass is 9.94. The van der Waals surface area contributed by atoms with Crippen LogP contribution in [0.2, 0.25) is 0 Å². The van der Waals surface area contributed by atoms with E-state index in [2.05, 4.69) is 43.1 Å². The van der Waals surface area contributed by atoms with Crippen LogP contribution in [-0.4, -0.2) is 56.1 Å². The molecular formula is C17H28FN3. The van der Waals surface area contributed by atoms with Gasteiger partial charge in [-0.15, -0.1) is 0 Å². The Morgan fingerprint density at radius 1 is 1.33 bits per heavy atom. The van der Waals surface area contributed by atoms with Crippen LogP contribution in [0.4, 0.5) is 4.39 Å². The summed E-state index contributed by atoms with van der Waals surface area (Å²) in [5.74, 6) is -0.146. The van der Waals surface area contributed by atoms with E-state index in [1.807, 2.05) is 6.07 Å². The minimum absolute atomic E-state index is 0.146. The van der Waals surface area contributed by atoms with Gasteiger partial charge in [0.25, 0.3) is 0 Å². The molecular weight excluding hydrogens is 265 g/mol. The summed E-state index contributed by atoms with van der Waals surface area (Å²) in [4.78, 5) is 4.81. The number of hydrogen-bond acceptors (Lipinski definition) is 3. The van der Waals surface area contributed by atoms with Gasteiger partial charge in [-0.1, -0.05) is 13.0 Å². The Kier molecular flexibility index (Phi) is 5.73. The third kappa shape index (κ3) is 4.25. The summed E-state index contributed by atoms with van der Waals surface area (Å²) < 4.78 is 13.6. The molecule has 1 aliphatic rings. The minimum atomic E-state index is -0.146. The molecule has 1 aliphatic heterocycles. The van der Waals surface area contributed by atoms with Crippen LogP contribution in [0.15, 0.2) is 18.2 Å². The zero-order valence-electron chi connectivity index (χ0n) is 13.7. The van der Waals surface area contributed by atoms with Crippen LogP contribution in [0.1, 0.15) is 30.5 Å². The number of aryl methyl sites for hydroxylation is 1. The zero-order valence-corrected chi connectivity index (χ0v) is 13.7. The molecule has 0 saturated carbocycles. The molecule has 1 saturated heterocycles. The number of benzene rings is 1. The Morgan fingerprint density at radius 2 is 2.10 bits per heavy atom. The fourth-order valence-corrected chi connectivity index (χ4v) is 3.18. The van der Waals surface area contributed by atoms with Crippen molar-refractivity contribution in [1.29, 1.82) is 0 Å². The topological polar surface area (TPSA) is 18.5 Å². The molecule has 1 aromatic carbocycles. The van der Waals surface area contributed by atoms with Crippen LogP contribution >= 0.6 is 0 Å². The van der Waals surface area contributed by atoms with Gasteiger partial charge < -0.3 is 15.1 Å². The number of likely N-dealkylation sites (N-methyl/N-ethyl adjacent to an activating group) is 2. The first-order valence-corrected chi connectivity index (χ1v) is 7.89. The van der Waals surface area contributed by atoms with Crippen molar-refractivity contribution >= 4 is 0 Å². The molecule has 2 rings (SSSR count). The Balaban J connectivity index is 2.16. The summed E-state index contributed by atoms with van der Waals surface area (Å²) in [6.07, 6.45) is 1.01. The SMILES string of the molecule is CCNC(CC1CN(C)CCN1C)c1cc(F)ccc1C. The van der Waals surface area contributed by atoms with E-state index in [9.17, 15) is 4.39 Å². The lowest BCUT2D eigenvalue weighted by Gasteiger charge is -2.39. The first-order chi connectivity index (χ1) is 10.0. The Bertz CT molecular complexity index is 463. The Labute approximate surface area is 128 Å². The van der Waals surface area contributed by atoms with Crippen LogP contribution in [-0.2, 0) is 0 Å². The third-order valence-corrected chi connectivity index (χ3v) is 4.56. The summed E-state index contributed by atoms with van der Waals surface area (Å²) in [5.41, 5.74) is 2.26. The van der Waals surface area contributed by atoms with Crippen LogP contribution in [0.3, 0.4) is 0 Å². The number of rotatable bonds is 5. The van der Waals surface area contributed by atoms with Gasteiger partial charge in [0.05, 0.1) is 0 Å². The van der Waals surface area contributed by atoms with Gasteiger partial charge >= 0.3 is 0 Å². The van der Waals surface area contributed by atoms with E-state index in [4.69, 9.17) is 0 Å². The smallest absolute Gasteiger partial charge is 0.123 e. The summed E-state index contributed by atoms with van der Waals surface area (Å²) in [6, 6.07) is 5.84. The highest BCUT2D eigenvalue weighted by molar-refractivity contribution is 5.29. The van der Waals surface area contributed by atoms with Crippen molar-refractivity contribution in [2.24, 2.45) is 0 Å². The Hall–Kier alpha value is -0.970. The molecule has 0 spiro atoms. The molecule has 2 atom stereocenters. The van der Waals surface area contributed by atoms with Crippen LogP contribution in [0.25, 0.3) is 0 Å². The number of hydrogen-bond donors (Lipinski definition) is 1. The number of nitrogens with zero attached hydrogens (tertiary/aromatic N) is 2. The van der Waals surface area contributed by atoms with Crippen molar-refractivity contribution in [2.75, 3.05) is 40.3 Å². The van der Waals surface area contributed by atoms with Crippen LogP contribution in [0.5, 0.6) is 0 Å². The average Bonchev–Trinajstić information content (AvgIpc) is 2.45. The maximum Gasteiger partial charge on any atom is 0.123 e. The molecule has 0 aromatic heterocycles. The predicted octanol–water partition coefficient (Wildman–Crippen LogP) is 2.42. The van der Waals surface area contributed by atoms with Gasteiger partial charge in [0, 0.05) is 31.7 Å². The molecule has 1 fully saturated rings. The number of nitrogens with one attached hydrogen (secondary N) is 1. The largest absolute Gasteiger partial charge is 0.310 e. The van der Waals surface area contributed by atoms with Crippen molar-refractivity contribution in [2.45, 2.75) is 32.4 Å². The van der Waals surface area contributed by atoms with Crippen LogP contribution < -0.4 is 5.32 Å². The van der Waals surface area contributed by atoms with Crippen molar-refractivity contribution < 1.29 is 4.39 Å². The lowest BCUT2D eigenvalue weighted by Crippen LogP contribution is -2.51. The number of piperazine rings is 1. The van der Waals surface area contributed by atoms with E-state index >= 15 is 0 Å². The van der Waals surface area contributed by atoms with Crippen LogP contribution in [0, 0.1) is 12.7 Å². The van der Waals surface area contributed by atoms with E-state index in [0.717, 1.165) is 43.7 Å². The highest BCUT2D eigenvalue weighted by atomic mass is 19.1. The molecule has 1 aromatic rings. The molecule has 3 nitrogen and oxygen atoms in total. The van der Waals surface area contributed by atoms with E-state index in [-0.39, 0.29) is 11.9 Å².